The van der Waals surface area contributed by atoms with Crippen molar-refractivity contribution in [2.75, 3.05) is 13.6 Å². The van der Waals surface area contributed by atoms with Gasteiger partial charge in [0.15, 0.2) is 0 Å². The summed E-state index contributed by atoms with van der Waals surface area (Å²) >= 11 is 0. The number of hydrogen-bond acceptors (Lipinski definition) is 2. The molecule has 1 aromatic carbocycles. The molecule has 0 aromatic heterocycles. The van der Waals surface area contributed by atoms with Crippen molar-refractivity contribution < 1.29 is 9.18 Å². The Morgan fingerprint density at radius 3 is 2.71 bits per heavy atom. The molecular weight excluding hydrogens is 221 g/mol. The number of nitrogens with zero attached hydrogens (tertiary/aromatic N) is 2. The van der Waals surface area contributed by atoms with Crippen molar-refractivity contribution in [1.29, 1.82) is 5.26 Å². The Labute approximate surface area is 99.7 Å². The van der Waals surface area contributed by atoms with Crippen LogP contribution in [-0.2, 0) is 6.54 Å². The van der Waals surface area contributed by atoms with Crippen LogP contribution in [0.25, 0.3) is 0 Å². The number of nitrogens with one attached hydrogen (secondary N) is 1. The molecule has 0 radical (unpaired) electrons. The van der Waals surface area contributed by atoms with E-state index < -0.39 is 0 Å². The third-order valence-electron chi connectivity index (χ3n) is 2.26. The maximum atomic E-state index is 12.6. The van der Waals surface area contributed by atoms with Crippen LogP contribution in [0.2, 0.25) is 0 Å². The van der Waals surface area contributed by atoms with Crippen LogP contribution in [0.5, 0.6) is 0 Å². The third kappa shape index (κ3) is 4.51. The molecule has 1 N–H and O–H groups in total. The van der Waals surface area contributed by atoms with Crippen LogP contribution in [0.1, 0.15) is 12.0 Å². The molecule has 0 aliphatic rings. The molecular formula is C12H14FN3O. The van der Waals surface area contributed by atoms with E-state index in [9.17, 15) is 9.18 Å². The number of halogens is 1. The lowest BCUT2D eigenvalue weighted by molar-refractivity contribution is 0.209. The number of hydrogen-bond donors (Lipinski definition) is 1. The normalized spacial score (nSPS) is 9.47. The van der Waals surface area contributed by atoms with Crippen molar-refractivity contribution in [3.05, 3.63) is 35.6 Å². The first-order chi connectivity index (χ1) is 8.13. The Balaban J connectivity index is 2.37. The minimum Gasteiger partial charge on any atom is -0.334 e. The van der Waals surface area contributed by atoms with Crippen LogP contribution in [0.3, 0.4) is 0 Å². The maximum absolute atomic E-state index is 12.6. The fraction of sp³-hybridized carbons (Fsp3) is 0.333. The summed E-state index contributed by atoms with van der Waals surface area (Å²) in [6, 6.07) is 7.65. The quantitative estimate of drug-likeness (QED) is 0.866. The van der Waals surface area contributed by atoms with Crippen molar-refractivity contribution >= 4 is 6.03 Å². The Bertz CT molecular complexity index is 411. The summed E-state index contributed by atoms with van der Waals surface area (Å²) in [4.78, 5) is 13.0. The first-order valence-corrected chi connectivity index (χ1v) is 5.24. The Kier molecular flexibility index (Phi) is 4.95. The molecule has 0 saturated heterocycles. The predicted molar refractivity (Wildman–Crippen MR) is 61.5 cm³/mol. The average molecular weight is 235 g/mol. The molecule has 0 saturated carbocycles. The average Bonchev–Trinajstić information content (AvgIpc) is 2.34. The molecule has 0 heterocycles. The van der Waals surface area contributed by atoms with Gasteiger partial charge in [0.05, 0.1) is 12.5 Å². The highest BCUT2D eigenvalue weighted by Crippen LogP contribution is 2.02. The van der Waals surface area contributed by atoms with E-state index in [0.29, 0.717) is 19.5 Å². The molecule has 0 unspecified atom stereocenters. The minimum atomic E-state index is -0.300. The standard InChI is InChI=1S/C12H14FN3O/c1-16(8-2-7-14)12(17)15-9-10-3-5-11(13)6-4-10/h3-6H,2,8-9H2,1H3,(H,15,17). The van der Waals surface area contributed by atoms with E-state index in [1.807, 2.05) is 6.07 Å². The monoisotopic (exact) mass is 235 g/mol. The summed E-state index contributed by atoms with van der Waals surface area (Å²) in [5.74, 6) is -0.300. The SMILES string of the molecule is CN(CCC#N)C(=O)NCc1ccc(F)cc1. The van der Waals surface area contributed by atoms with Crippen molar-refractivity contribution in [3.63, 3.8) is 0 Å². The number of carbonyl (C=O) groups excluding carboxylic acids is 1. The minimum absolute atomic E-state index is 0.246. The summed E-state index contributed by atoms with van der Waals surface area (Å²) in [6.45, 7) is 0.738. The zero-order valence-electron chi connectivity index (χ0n) is 9.61. The molecule has 90 valence electrons. The van der Waals surface area contributed by atoms with Gasteiger partial charge in [-0.25, -0.2) is 9.18 Å². The fourth-order valence-corrected chi connectivity index (χ4v) is 1.23. The van der Waals surface area contributed by atoms with E-state index in [0.717, 1.165) is 5.56 Å². The molecule has 17 heavy (non-hydrogen) atoms. The number of amides is 2. The topological polar surface area (TPSA) is 56.1 Å². The van der Waals surface area contributed by atoms with Crippen LogP contribution in [0.15, 0.2) is 24.3 Å². The predicted octanol–water partition coefficient (Wildman–Crippen LogP) is 1.88. The zero-order chi connectivity index (χ0) is 12.7. The van der Waals surface area contributed by atoms with Gasteiger partial charge >= 0.3 is 6.03 Å². The van der Waals surface area contributed by atoms with E-state index in [1.54, 1.807) is 19.2 Å². The van der Waals surface area contributed by atoms with Gasteiger partial charge in [0.2, 0.25) is 0 Å². The highest BCUT2D eigenvalue weighted by Gasteiger charge is 2.06. The van der Waals surface area contributed by atoms with Crippen molar-refractivity contribution in [3.8, 4) is 6.07 Å². The second-order valence-corrected chi connectivity index (χ2v) is 3.61. The van der Waals surface area contributed by atoms with Gasteiger partial charge in [0.1, 0.15) is 5.82 Å². The van der Waals surface area contributed by atoms with Gasteiger partial charge in [0.25, 0.3) is 0 Å². The summed E-state index contributed by atoms with van der Waals surface area (Å²) in [5, 5.41) is 11.1. The third-order valence-corrected chi connectivity index (χ3v) is 2.26. The van der Waals surface area contributed by atoms with Crippen LogP contribution in [0, 0.1) is 17.1 Å². The molecule has 1 rings (SSSR count). The summed E-state index contributed by atoms with van der Waals surface area (Å²) in [7, 11) is 1.62. The van der Waals surface area contributed by atoms with E-state index in [4.69, 9.17) is 5.26 Å². The highest BCUT2D eigenvalue weighted by molar-refractivity contribution is 5.73. The Morgan fingerprint density at radius 2 is 2.12 bits per heavy atom. The first-order valence-electron chi connectivity index (χ1n) is 5.24. The van der Waals surface area contributed by atoms with Gasteiger partial charge < -0.3 is 10.2 Å². The number of carbonyl (C=O) groups is 1. The van der Waals surface area contributed by atoms with Crippen LogP contribution < -0.4 is 5.32 Å². The number of rotatable bonds is 4. The molecule has 0 spiro atoms. The van der Waals surface area contributed by atoms with Gasteiger partial charge in [-0.3, -0.25) is 0 Å². The number of urea groups is 1. The lowest BCUT2D eigenvalue weighted by Crippen LogP contribution is -2.37. The van der Waals surface area contributed by atoms with Gasteiger partial charge in [-0.15, -0.1) is 0 Å². The largest absolute Gasteiger partial charge is 0.334 e. The Hall–Kier alpha value is -2.09. The Morgan fingerprint density at radius 1 is 1.47 bits per heavy atom. The molecule has 0 bridgehead atoms. The first kappa shape index (κ1) is 13.0. The van der Waals surface area contributed by atoms with E-state index >= 15 is 0 Å². The molecule has 0 atom stereocenters. The molecule has 0 fully saturated rings. The number of benzene rings is 1. The lowest BCUT2D eigenvalue weighted by Gasteiger charge is -2.16. The molecule has 2 amide bonds. The second kappa shape index (κ2) is 6.48. The maximum Gasteiger partial charge on any atom is 0.317 e. The summed E-state index contributed by atoms with van der Waals surface area (Å²) in [5.41, 5.74) is 0.827. The van der Waals surface area contributed by atoms with E-state index in [1.165, 1.54) is 17.0 Å². The fourth-order valence-electron chi connectivity index (χ4n) is 1.23. The second-order valence-electron chi connectivity index (χ2n) is 3.61. The zero-order valence-corrected chi connectivity index (χ0v) is 9.61. The highest BCUT2D eigenvalue weighted by atomic mass is 19.1. The number of nitriles is 1. The van der Waals surface area contributed by atoms with E-state index in [-0.39, 0.29) is 11.8 Å². The van der Waals surface area contributed by atoms with Crippen LogP contribution >= 0.6 is 0 Å². The van der Waals surface area contributed by atoms with Crippen LogP contribution in [-0.4, -0.2) is 24.5 Å². The smallest absolute Gasteiger partial charge is 0.317 e. The van der Waals surface area contributed by atoms with Crippen molar-refractivity contribution in [1.82, 2.24) is 10.2 Å². The summed E-state index contributed by atoms with van der Waals surface area (Å²) in [6.07, 6.45) is 0.306. The molecule has 1 aromatic rings. The van der Waals surface area contributed by atoms with Gasteiger partial charge in [0, 0.05) is 20.1 Å². The van der Waals surface area contributed by atoms with Gasteiger partial charge in [-0.1, -0.05) is 12.1 Å². The van der Waals surface area contributed by atoms with Gasteiger partial charge in [-0.2, -0.15) is 5.26 Å². The molecule has 4 nitrogen and oxygen atoms in total. The van der Waals surface area contributed by atoms with Crippen LogP contribution in [0.4, 0.5) is 9.18 Å². The van der Waals surface area contributed by atoms with E-state index in [2.05, 4.69) is 5.32 Å². The van der Waals surface area contributed by atoms with Crippen molar-refractivity contribution in [2.24, 2.45) is 0 Å². The van der Waals surface area contributed by atoms with Crippen molar-refractivity contribution in [2.45, 2.75) is 13.0 Å². The molecule has 5 heteroatoms. The molecule has 0 aliphatic carbocycles. The molecule has 0 aliphatic heterocycles. The lowest BCUT2D eigenvalue weighted by atomic mass is 10.2. The van der Waals surface area contributed by atoms with Gasteiger partial charge in [-0.05, 0) is 17.7 Å². The summed E-state index contributed by atoms with van der Waals surface area (Å²) < 4.78 is 12.6.